The highest BCUT2D eigenvalue weighted by atomic mass is 16.3. The first-order chi connectivity index (χ1) is 15.0. The molecule has 4 nitrogen and oxygen atoms in total. The van der Waals surface area contributed by atoms with Crippen LogP contribution in [0.15, 0.2) is 91.0 Å². The van der Waals surface area contributed by atoms with Gasteiger partial charge in [-0.05, 0) is 63.5 Å². The van der Waals surface area contributed by atoms with E-state index in [1.165, 1.54) is 0 Å². The third kappa shape index (κ3) is 3.19. The van der Waals surface area contributed by atoms with Crippen LogP contribution in [0, 0.1) is 0 Å². The van der Waals surface area contributed by atoms with Crippen LogP contribution in [-0.4, -0.2) is 20.4 Å². The van der Waals surface area contributed by atoms with Gasteiger partial charge in [-0.2, -0.15) is 0 Å². The summed E-state index contributed by atoms with van der Waals surface area (Å²) in [6, 6.07) is 26.5. The molecule has 0 saturated heterocycles. The van der Waals surface area contributed by atoms with E-state index in [-0.39, 0.29) is 23.0 Å². The first-order valence-electron chi connectivity index (χ1n) is 9.97. The maximum Gasteiger partial charge on any atom is 0.120 e. The number of phenolic OH excluding ortho intramolecular Hbond substituents is 4. The first-order valence-corrected chi connectivity index (χ1v) is 9.97. The summed E-state index contributed by atoms with van der Waals surface area (Å²) in [7, 11) is 0. The largest absolute Gasteiger partial charge is 0.508 e. The monoisotopic (exact) mass is 408 g/mol. The Hall–Kier alpha value is -4.18. The van der Waals surface area contributed by atoms with Gasteiger partial charge in [-0.3, -0.25) is 0 Å². The fourth-order valence-corrected chi connectivity index (χ4v) is 4.35. The lowest BCUT2D eigenvalue weighted by Gasteiger charge is -2.24. The van der Waals surface area contributed by atoms with Gasteiger partial charge in [0.2, 0.25) is 0 Å². The molecule has 5 aromatic carbocycles. The minimum Gasteiger partial charge on any atom is -0.508 e. The number of fused-ring (bicyclic) bond motifs is 2. The Morgan fingerprint density at radius 2 is 1.03 bits per heavy atom. The molecular formula is C27H20O4. The van der Waals surface area contributed by atoms with E-state index in [0.29, 0.717) is 16.5 Å². The molecule has 31 heavy (non-hydrogen) atoms. The number of hydrogen-bond donors (Lipinski definition) is 4. The maximum absolute atomic E-state index is 11.0. The number of rotatable bonds is 3. The summed E-state index contributed by atoms with van der Waals surface area (Å²) in [6.45, 7) is 0. The van der Waals surface area contributed by atoms with E-state index < -0.39 is 5.92 Å². The summed E-state index contributed by atoms with van der Waals surface area (Å²) < 4.78 is 0. The van der Waals surface area contributed by atoms with Gasteiger partial charge in [0, 0.05) is 17.0 Å². The van der Waals surface area contributed by atoms with Crippen molar-refractivity contribution in [2.75, 3.05) is 0 Å². The highest BCUT2D eigenvalue weighted by Crippen LogP contribution is 2.47. The van der Waals surface area contributed by atoms with Crippen molar-refractivity contribution in [1.82, 2.24) is 0 Å². The van der Waals surface area contributed by atoms with E-state index in [1.807, 2.05) is 30.3 Å². The molecule has 0 spiro atoms. The van der Waals surface area contributed by atoms with Crippen LogP contribution in [0.2, 0.25) is 0 Å². The van der Waals surface area contributed by atoms with Crippen LogP contribution in [0.4, 0.5) is 0 Å². The topological polar surface area (TPSA) is 80.9 Å². The molecule has 1 atom stereocenters. The van der Waals surface area contributed by atoms with Gasteiger partial charge in [-0.15, -0.1) is 0 Å². The Balaban J connectivity index is 1.93. The van der Waals surface area contributed by atoms with Crippen LogP contribution in [0.3, 0.4) is 0 Å². The zero-order chi connectivity index (χ0) is 21.5. The van der Waals surface area contributed by atoms with Gasteiger partial charge in [0.1, 0.15) is 23.0 Å². The molecule has 0 aliphatic carbocycles. The molecule has 152 valence electrons. The van der Waals surface area contributed by atoms with Crippen LogP contribution < -0.4 is 0 Å². The molecule has 0 heterocycles. The van der Waals surface area contributed by atoms with Crippen LogP contribution in [0.25, 0.3) is 21.5 Å². The lowest BCUT2D eigenvalue weighted by Crippen LogP contribution is -2.06. The van der Waals surface area contributed by atoms with E-state index in [1.54, 1.807) is 60.7 Å². The summed E-state index contributed by atoms with van der Waals surface area (Å²) >= 11 is 0. The Bertz CT molecular complexity index is 1420. The molecule has 5 aromatic rings. The standard InChI is InChI=1S/C27H20O4/c28-19-10-6-18(7-11-19)25(26-21-4-2-1-3-16(21)8-13-23(26)30)27-22-15-20(29)12-5-17(22)9-14-24(27)31/h1-15,25,28-31H. The molecule has 4 heteroatoms. The minimum atomic E-state index is -0.544. The Kier molecular flexibility index (Phi) is 4.41. The van der Waals surface area contributed by atoms with Crippen molar-refractivity contribution in [3.63, 3.8) is 0 Å². The van der Waals surface area contributed by atoms with Gasteiger partial charge in [0.15, 0.2) is 0 Å². The van der Waals surface area contributed by atoms with Crippen LogP contribution in [-0.2, 0) is 0 Å². The Labute approximate surface area is 178 Å². The van der Waals surface area contributed by atoms with E-state index in [9.17, 15) is 20.4 Å². The number of aromatic hydroxyl groups is 4. The number of hydrogen-bond acceptors (Lipinski definition) is 4. The lowest BCUT2D eigenvalue weighted by molar-refractivity contribution is 0.460. The van der Waals surface area contributed by atoms with Crippen LogP contribution in [0.5, 0.6) is 23.0 Å². The molecule has 0 bridgehead atoms. The molecule has 0 fully saturated rings. The Morgan fingerprint density at radius 3 is 1.74 bits per heavy atom. The quantitative estimate of drug-likeness (QED) is 0.276. The summed E-state index contributed by atoms with van der Waals surface area (Å²) in [5, 5.41) is 45.4. The fraction of sp³-hybridized carbons (Fsp3) is 0.0370. The smallest absolute Gasteiger partial charge is 0.120 e. The van der Waals surface area contributed by atoms with Crippen molar-refractivity contribution < 1.29 is 20.4 Å². The number of benzene rings is 5. The van der Waals surface area contributed by atoms with Gasteiger partial charge in [0.05, 0.1) is 0 Å². The number of phenols is 4. The normalized spacial score (nSPS) is 12.3. The summed E-state index contributed by atoms with van der Waals surface area (Å²) in [4.78, 5) is 0. The van der Waals surface area contributed by atoms with Crippen molar-refractivity contribution >= 4 is 21.5 Å². The molecule has 0 aliphatic heterocycles. The van der Waals surface area contributed by atoms with E-state index in [2.05, 4.69) is 0 Å². The molecule has 1 unspecified atom stereocenters. The van der Waals surface area contributed by atoms with Crippen molar-refractivity contribution in [2.24, 2.45) is 0 Å². The second kappa shape index (κ2) is 7.26. The summed E-state index contributed by atoms with van der Waals surface area (Å²) in [5.74, 6) is -0.163. The highest BCUT2D eigenvalue weighted by molar-refractivity contribution is 5.94. The zero-order valence-electron chi connectivity index (χ0n) is 16.5. The molecule has 0 radical (unpaired) electrons. The Morgan fingerprint density at radius 1 is 0.484 bits per heavy atom. The second-order valence-electron chi connectivity index (χ2n) is 7.65. The van der Waals surface area contributed by atoms with E-state index >= 15 is 0 Å². The van der Waals surface area contributed by atoms with Crippen LogP contribution >= 0.6 is 0 Å². The van der Waals surface area contributed by atoms with Crippen molar-refractivity contribution in [1.29, 1.82) is 0 Å². The average Bonchev–Trinajstić information content (AvgIpc) is 2.77. The predicted molar refractivity (Wildman–Crippen MR) is 122 cm³/mol. The van der Waals surface area contributed by atoms with Crippen LogP contribution in [0.1, 0.15) is 22.6 Å². The van der Waals surface area contributed by atoms with Gasteiger partial charge in [0.25, 0.3) is 0 Å². The van der Waals surface area contributed by atoms with Crippen molar-refractivity contribution in [3.05, 3.63) is 108 Å². The van der Waals surface area contributed by atoms with E-state index in [4.69, 9.17) is 0 Å². The third-order valence-corrected chi connectivity index (χ3v) is 5.78. The van der Waals surface area contributed by atoms with Crippen molar-refractivity contribution in [2.45, 2.75) is 5.92 Å². The molecule has 5 rings (SSSR count). The molecule has 0 aromatic heterocycles. The molecular weight excluding hydrogens is 388 g/mol. The SMILES string of the molecule is Oc1ccc(C(c2c(O)ccc3ccccc23)c2c(O)ccc3ccc(O)cc23)cc1. The zero-order valence-corrected chi connectivity index (χ0v) is 16.5. The second-order valence-corrected chi connectivity index (χ2v) is 7.65. The first kappa shape index (κ1) is 18.8. The highest BCUT2D eigenvalue weighted by Gasteiger charge is 2.27. The summed E-state index contributed by atoms with van der Waals surface area (Å²) in [6.07, 6.45) is 0. The molecule has 4 N–H and O–H groups in total. The van der Waals surface area contributed by atoms with Crippen molar-refractivity contribution in [3.8, 4) is 23.0 Å². The lowest BCUT2D eigenvalue weighted by atomic mass is 9.80. The van der Waals surface area contributed by atoms with Gasteiger partial charge >= 0.3 is 0 Å². The average molecular weight is 408 g/mol. The summed E-state index contributed by atoms with van der Waals surface area (Å²) in [5.41, 5.74) is 2.01. The third-order valence-electron chi connectivity index (χ3n) is 5.78. The molecule has 0 saturated carbocycles. The maximum atomic E-state index is 11.0. The van der Waals surface area contributed by atoms with Gasteiger partial charge < -0.3 is 20.4 Å². The van der Waals surface area contributed by atoms with Gasteiger partial charge in [-0.25, -0.2) is 0 Å². The minimum absolute atomic E-state index is 0.0588. The predicted octanol–water partition coefficient (Wildman–Crippen LogP) is 6.00. The fourth-order valence-electron chi connectivity index (χ4n) is 4.35. The molecule has 0 amide bonds. The van der Waals surface area contributed by atoms with E-state index in [0.717, 1.165) is 21.7 Å². The molecule has 0 aliphatic rings. The van der Waals surface area contributed by atoms with Gasteiger partial charge in [-0.1, -0.05) is 54.6 Å².